The molecule has 0 radical (unpaired) electrons. The number of nitrogens with one attached hydrogen (secondary N) is 2. The molecule has 5 rings (SSSR count). The van der Waals surface area contributed by atoms with Crippen molar-refractivity contribution in [3.05, 3.63) is 101 Å². The van der Waals surface area contributed by atoms with Gasteiger partial charge in [0.05, 0.1) is 0 Å². The van der Waals surface area contributed by atoms with Crippen molar-refractivity contribution in [2.75, 3.05) is 11.9 Å². The number of halogens is 1. The second-order valence-corrected chi connectivity index (χ2v) is 7.73. The zero-order chi connectivity index (χ0) is 20.7. The molecule has 1 atom stereocenters. The van der Waals surface area contributed by atoms with Crippen molar-refractivity contribution >= 4 is 22.6 Å². The van der Waals surface area contributed by atoms with E-state index in [0.29, 0.717) is 18.5 Å². The maximum atomic E-state index is 14.9. The minimum absolute atomic E-state index is 0.238. The number of carbonyl (C=O) groups excluding carboxylic acids is 1. The first-order valence-corrected chi connectivity index (χ1v) is 10.1. The summed E-state index contributed by atoms with van der Waals surface area (Å²) in [6, 6.07) is 21.7. The minimum atomic E-state index is -0.521. The second kappa shape index (κ2) is 7.34. The number of aromatic nitrogens is 1. The summed E-state index contributed by atoms with van der Waals surface area (Å²) in [6.45, 7) is 2.49. The van der Waals surface area contributed by atoms with Crippen molar-refractivity contribution in [3.63, 3.8) is 0 Å². The lowest BCUT2D eigenvalue weighted by atomic mass is 9.92. The van der Waals surface area contributed by atoms with Crippen LogP contribution in [0.3, 0.4) is 0 Å². The van der Waals surface area contributed by atoms with Gasteiger partial charge in [0.15, 0.2) is 0 Å². The third kappa shape index (κ3) is 3.12. The van der Waals surface area contributed by atoms with E-state index in [1.165, 1.54) is 6.07 Å². The highest BCUT2D eigenvalue weighted by molar-refractivity contribution is 5.91. The average molecular weight is 399 g/mol. The first kappa shape index (κ1) is 18.4. The van der Waals surface area contributed by atoms with Crippen LogP contribution in [0.1, 0.15) is 28.4 Å². The Labute approximate surface area is 174 Å². The molecule has 0 saturated heterocycles. The highest BCUT2D eigenvalue weighted by atomic mass is 19.1. The Morgan fingerprint density at radius 1 is 1.07 bits per heavy atom. The Morgan fingerprint density at radius 2 is 1.87 bits per heavy atom. The fourth-order valence-electron chi connectivity index (χ4n) is 4.40. The van der Waals surface area contributed by atoms with Gasteiger partial charge in [0.1, 0.15) is 11.9 Å². The Morgan fingerprint density at radius 3 is 2.70 bits per heavy atom. The van der Waals surface area contributed by atoms with Gasteiger partial charge in [-0.1, -0.05) is 48.5 Å². The lowest BCUT2D eigenvalue weighted by Crippen LogP contribution is -2.43. The number of fused-ring (bicyclic) bond motifs is 3. The quantitative estimate of drug-likeness (QED) is 0.440. The number of urea groups is 1. The monoisotopic (exact) mass is 399 g/mol. The summed E-state index contributed by atoms with van der Waals surface area (Å²) in [5, 5.41) is 4.12. The first-order chi connectivity index (χ1) is 14.6. The molecule has 0 fully saturated rings. The SMILES string of the molecule is Cc1cccc(NC(=O)N2CCc3c([nH]c4ccccc34)[C@H]2c2ccccc2F)c1. The Bertz CT molecular complexity index is 1250. The van der Waals surface area contributed by atoms with Crippen molar-refractivity contribution < 1.29 is 9.18 Å². The molecule has 1 aromatic heterocycles. The molecule has 150 valence electrons. The number of nitrogens with zero attached hydrogens (tertiary/aromatic N) is 1. The van der Waals surface area contributed by atoms with E-state index in [1.54, 1.807) is 17.0 Å². The fraction of sp³-hybridized carbons (Fsp3) is 0.160. The van der Waals surface area contributed by atoms with Crippen LogP contribution in [-0.4, -0.2) is 22.5 Å². The van der Waals surface area contributed by atoms with Gasteiger partial charge in [-0.25, -0.2) is 9.18 Å². The molecule has 2 heterocycles. The zero-order valence-corrected chi connectivity index (χ0v) is 16.7. The largest absolute Gasteiger partial charge is 0.356 e. The van der Waals surface area contributed by atoms with Gasteiger partial charge in [-0.2, -0.15) is 0 Å². The van der Waals surface area contributed by atoms with Gasteiger partial charge in [-0.3, -0.25) is 0 Å². The van der Waals surface area contributed by atoms with Crippen LogP contribution >= 0.6 is 0 Å². The molecule has 2 N–H and O–H groups in total. The number of para-hydroxylation sites is 1. The first-order valence-electron chi connectivity index (χ1n) is 10.1. The molecule has 3 aromatic carbocycles. The lowest BCUT2D eigenvalue weighted by molar-refractivity contribution is 0.192. The van der Waals surface area contributed by atoms with E-state index in [9.17, 15) is 9.18 Å². The van der Waals surface area contributed by atoms with Gasteiger partial charge in [0.2, 0.25) is 0 Å². The van der Waals surface area contributed by atoms with Crippen LogP contribution in [0.15, 0.2) is 72.8 Å². The van der Waals surface area contributed by atoms with E-state index in [0.717, 1.165) is 33.4 Å². The number of anilines is 1. The van der Waals surface area contributed by atoms with Crippen LogP contribution in [0, 0.1) is 12.7 Å². The predicted octanol–water partition coefficient (Wildman–Crippen LogP) is 5.80. The number of hydrogen-bond donors (Lipinski definition) is 2. The molecule has 5 heteroatoms. The Balaban J connectivity index is 1.60. The third-order valence-electron chi connectivity index (χ3n) is 5.76. The highest BCUT2D eigenvalue weighted by Crippen LogP contribution is 2.39. The number of aromatic amines is 1. The van der Waals surface area contributed by atoms with Crippen LogP contribution in [0.5, 0.6) is 0 Å². The number of benzene rings is 3. The van der Waals surface area contributed by atoms with Crippen molar-refractivity contribution in [1.29, 1.82) is 0 Å². The van der Waals surface area contributed by atoms with E-state index in [-0.39, 0.29) is 11.8 Å². The molecule has 0 saturated carbocycles. The normalized spacial score (nSPS) is 15.8. The summed E-state index contributed by atoms with van der Waals surface area (Å²) >= 11 is 0. The minimum Gasteiger partial charge on any atom is -0.356 e. The lowest BCUT2D eigenvalue weighted by Gasteiger charge is -2.36. The number of carbonyl (C=O) groups is 1. The molecule has 0 spiro atoms. The molecule has 2 amide bonds. The molecule has 1 aliphatic rings. The number of rotatable bonds is 2. The molecule has 0 unspecified atom stereocenters. The van der Waals surface area contributed by atoms with E-state index in [2.05, 4.69) is 16.4 Å². The van der Waals surface area contributed by atoms with Gasteiger partial charge in [0, 0.05) is 34.4 Å². The van der Waals surface area contributed by atoms with Gasteiger partial charge < -0.3 is 15.2 Å². The topological polar surface area (TPSA) is 48.1 Å². The van der Waals surface area contributed by atoms with E-state index in [1.807, 2.05) is 55.5 Å². The maximum absolute atomic E-state index is 14.9. The highest BCUT2D eigenvalue weighted by Gasteiger charge is 2.35. The smallest absolute Gasteiger partial charge is 0.322 e. The molecule has 4 nitrogen and oxygen atoms in total. The van der Waals surface area contributed by atoms with Crippen LogP contribution < -0.4 is 5.32 Å². The molecule has 30 heavy (non-hydrogen) atoms. The van der Waals surface area contributed by atoms with Gasteiger partial charge in [0.25, 0.3) is 0 Å². The molecular weight excluding hydrogens is 377 g/mol. The zero-order valence-electron chi connectivity index (χ0n) is 16.7. The molecular formula is C25H22FN3O. The van der Waals surface area contributed by atoms with Gasteiger partial charge in [-0.15, -0.1) is 0 Å². The summed E-state index contributed by atoms with van der Waals surface area (Å²) < 4.78 is 14.9. The summed E-state index contributed by atoms with van der Waals surface area (Å²) in [6.07, 6.45) is 0.714. The van der Waals surface area contributed by atoms with Gasteiger partial charge in [-0.05, 0) is 48.7 Å². The standard InChI is InChI=1S/C25H22FN3O/c1-16-7-6-8-17(15-16)27-25(30)29-14-13-19-18-9-3-5-12-22(18)28-23(19)24(29)20-10-2-4-11-21(20)26/h2-12,15,24,28H,13-14H2,1H3,(H,27,30)/t24-/m1/s1. The number of aryl methyl sites for hydroxylation is 1. The Kier molecular flexibility index (Phi) is 4.51. The molecule has 4 aromatic rings. The maximum Gasteiger partial charge on any atom is 0.322 e. The summed E-state index contributed by atoms with van der Waals surface area (Å²) in [5.74, 6) is -0.317. The van der Waals surface area contributed by atoms with Crippen LogP contribution in [0.25, 0.3) is 10.9 Å². The molecule has 0 bridgehead atoms. The van der Waals surface area contributed by atoms with Crippen molar-refractivity contribution in [3.8, 4) is 0 Å². The predicted molar refractivity (Wildman–Crippen MR) is 117 cm³/mol. The Hall–Kier alpha value is -3.60. The second-order valence-electron chi connectivity index (χ2n) is 7.73. The summed E-state index contributed by atoms with van der Waals surface area (Å²) in [4.78, 5) is 18.5. The average Bonchev–Trinajstić information content (AvgIpc) is 3.12. The molecule has 0 aliphatic carbocycles. The van der Waals surface area contributed by atoms with E-state index in [4.69, 9.17) is 0 Å². The number of H-pyrrole nitrogens is 1. The van der Waals surface area contributed by atoms with Crippen molar-refractivity contribution in [2.45, 2.75) is 19.4 Å². The van der Waals surface area contributed by atoms with Crippen molar-refractivity contribution in [2.24, 2.45) is 0 Å². The van der Waals surface area contributed by atoms with E-state index >= 15 is 0 Å². The number of hydrogen-bond acceptors (Lipinski definition) is 1. The van der Waals surface area contributed by atoms with Gasteiger partial charge >= 0.3 is 6.03 Å². The van der Waals surface area contributed by atoms with Crippen LogP contribution in [-0.2, 0) is 6.42 Å². The summed E-state index contributed by atoms with van der Waals surface area (Å²) in [7, 11) is 0. The molecule has 1 aliphatic heterocycles. The summed E-state index contributed by atoms with van der Waals surface area (Å²) in [5.41, 5.74) is 5.32. The van der Waals surface area contributed by atoms with E-state index < -0.39 is 6.04 Å². The van der Waals surface area contributed by atoms with Crippen molar-refractivity contribution in [1.82, 2.24) is 9.88 Å². The van der Waals surface area contributed by atoms with Crippen LogP contribution in [0.4, 0.5) is 14.9 Å². The van der Waals surface area contributed by atoms with Crippen LogP contribution in [0.2, 0.25) is 0 Å². The third-order valence-corrected chi connectivity index (χ3v) is 5.76. The fourth-order valence-corrected chi connectivity index (χ4v) is 4.40. The number of amides is 2.